The number of thiocarbonyl (C=S) groups is 1. The monoisotopic (exact) mass is 339 g/mol. The van der Waals surface area contributed by atoms with Crippen molar-refractivity contribution >= 4 is 35.1 Å². The molecule has 0 fully saturated rings. The first-order valence-electron chi connectivity index (χ1n) is 7.27. The van der Waals surface area contributed by atoms with Gasteiger partial charge < -0.3 is 20.5 Å². The minimum Gasteiger partial charge on any atom is -0.480 e. The molecule has 23 heavy (non-hydrogen) atoms. The predicted octanol–water partition coefficient (Wildman–Crippen LogP) is 2.04. The first-order valence-corrected chi connectivity index (χ1v) is 7.68. The quantitative estimate of drug-likeness (QED) is 0.512. The lowest BCUT2D eigenvalue weighted by molar-refractivity contribution is -0.139. The van der Waals surface area contributed by atoms with Crippen LogP contribution in [0.1, 0.15) is 37.6 Å². The van der Waals surface area contributed by atoms with Gasteiger partial charge in [0.2, 0.25) is 0 Å². The highest BCUT2D eigenvalue weighted by atomic mass is 32.1. The van der Waals surface area contributed by atoms with Crippen LogP contribution in [0.15, 0.2) is 18.3 Å². The molecule has 1 rings (SSSR count). The molecule has 3 N–H and O–H groups in total. The summed E-state index contributed by atoms with van der Waals surface area (Å²) in [6, 6.07) is 2.34. The molecule has 0 radical (unpaired) electrons. The number of nitrogens with one attached hydrogen (secondary N) is 2. The normalized spacial score (nSPS) is 11.7. The summed E-state index contributed by atoms with van der Waals surface area (Å²) in [6.45, 7) is 5.79. The second-order valence-corrected chi connectivity index (χ2v) is 5.65. The van der Waals surface area contributed by atoms with E-state index < -0.39 is 18.0 Å². The number of esters is 1. The van der Waals surface area contributed by atoms with Gasteiger partial charge in [-0.2, -0.15) is 0 Å². The third kappa shape index (κ3) is 6.19. The molecule has 0 bridgehead atoms. The Labute approximate surface area is 140 Å². The number of nitrogens with zero attached hydrogens (tertiary/aromatic N) is 1. The van der Waals surface area contributed by atoms with Crippen molar-refractivity contribution in [2.45, 2.75) is 33.2 Å². The third-order valence-electron chi connectivity index (χ3n) is 2.85. The lowest BCUT2D eigenvalue weighted by Gasteiger charge is -2.19. The molecule has 1 heterocycles. The Bertz CT molecular complexity index is 578. The van der Waals surface area contributed by atoms with Crippen LogP contribution in [0.2, 0.25) is 0 Å². The second-order valence-electron chi connectivity index (χ2n) is 5.24. The van der Waals surface area contributed by atoms with Crippen LogP contribution >= 0.6 is 12.2 Å². The number of carbonyl (C=O) groups excluding carboxylic acids is 1. The highest BCUT2D eigenvalue weighted by Crippen LogP contribution is 2.13. The van der Waals surface area contributed by atoms with Gasteiger partial charge in [0.05, 0.1) is 6.61 Å². The van der Waals surface area contributed by atoms with E-state index in [-0.39, 0.29) is 29.0 Å². The maximum absolute atomic E-state index is 11.9. The van der Waals surface area contributed by atoms with Gasteiger partial charge in [-0.15, -0.1) is 0 Å². The average Bonchev–Trinajstić information content (AvgIpc) is 2.46. The van der Waals surface area contributed by atoms with Crippen LogP contribution in [-0.4, -0.2) is 39.8 Å². The number of anilines is 1. The Morgan fingerprint density at radius 2 is 2.13 bits per heavy atom. The fourth-order valence-electron chi connectivity index (χ4n) is 1.87. The summed E-state index contributed by atoms with van der Waals surface area (Å²) >= 11 is 5.12. The molecule has 0 aromatic carbocycles. The van der Waals surface area contributed by atoms with E-state index in [0.717, 1.165) is 0 Å². The van der Waals surface area contributed by atoms with Crippen LogP contribution in [0.5, 0.6) is 0 Å². The number of carboxylic acids is 1. The van der Waals surface area contributed by atoms with Crippen molar-refractivity contribution in [2.75, 3.05) is 11.9 Å². The number of ether oxygens (including phenoxy) is 1. The van der Waals surface area contributed by atoms with Gasteiger partial charge in [-0.25, -0.2) is 14.6 Å². The molecule has 1 atom stereocenters. The summed E-state index contributed by atoms with van der Waals surface area (Å²) in [4.78, 5) is 27.2. The standard InChI is InChI=1S/C15H21N3O4S/c1-4-22-14(21)10-6-5-7-16-12(10)18-15(23)17-11(13(19)20)8-9(2)3/h5-7,9,11H,4,8H2,1-3H3,(H,19,20)(H2,16,17,18,23)/t11-/m0/s1. The van der Waals surface area contributed by atoms with E-state index in [2.05, 4.69) is 15.6 Å². The fraction of sp³-hybridized carbons (Fsp3) is 0.467. The zero-order valence-corrected chi connectivity index (χ0v) is 14.1. The minimum atomic E-state index is -0.991. The Hall–Kier alpha value is -2.22. The van der Waals surface area contributed by atoms with Gasteiger partial charge in [0.25, 0.3) is 0 Å². The van der Waals surface area contributed by atoms with E-state index in [4.69, 9.17) is 17.0 Å². The number of aromatic nitrogens is 1. The largest absolute Gasteiger partial charge is 0.480 e. The fourth-order valence-corrected chi connectivity index (χ4v) is 2.11. The Morgan fingerprint density at radius 3 is 2.70 bits per heavy atom. The van der Waals surface area contributed by atoms with Crippen LogP contribution in [0, 0.1) is 5.92 Å². The van der Waals surface area contributed by atoms with Crippen molar-refractivity contribution in [2.24, 2.45) is 5.92 Å². The van der Waals surface area contributed by atoms with Crippen LogP contribution in [-0.2, 0) is 9.53 Å². The average molecular weight is 339 g/mol. The highest BCUT2D eigenvalue weighted by molar-refractivity contribution is 7.80. The SMILES string of the molecule is CCOC(=O)c1cccnc1NC(=S)N[C@@H](CC(C)C)C(=O)O. The van der Waals surface area contributed by atoms with Gasteiger partial charge in [-0.3, -0.25) is 0 Å². The molecule has 1 aromatic heterocycles. The van der Waals surface area contributed by atoms with Crippen LogP contribution in [0.4, 0.5) is 5.82 Å². The van der Waals surface area contributed by atoms with Crippen LogP contribution in [0.25, 0.3) is 0 Å². The lowest BCUT2D eigenvalue weighted by atomic mass is 10.0. The molecule has 8 heteroatoms. The minimum absolute atomic E-state index is 0.0855. The van der Waals surface area contributed by atoms with E-state index in [1.54, 1.807) is 19.1 Å². The van der Waals surface area contributed by atoms with Crippen molar-refractivity contribution in [3.63, 3.8) is 0 Å². The van der Waals surface area contributed by atoms with Gasteiger partial charge in [0.1, 0.15) is 17.4 Å². The Kier molecular flexibility index (Phi) is 7.40. The van der Waals surface area contributed by atoms with Gasteiger partial charge in [0, 0.05) is 6.20 Å². The molecule has 0 aliphatic heterocycles. The van der Waals surface area contributed by atoms with Gasteiger partial charge in [-0.05, 0) is 43.6 Å². The first kappa shape index (κ1) is 18.8. The molecule has 0 unspecified atom stereocenters. The molecule has 0 saturated carbocycles. The number of carbonyl (C=O) groups is 2. The molecule has 0 saturated heterocycles. The topological polar surface area (TPSA) is 101 Å². The summed E-state index contributed by atoms with van der Waals surface area (Å²) in [7, 11) is 0. The van der Waals surface area contributed by atoms with Crippen molar-refractivity contribution in [1.82, 2.24) is 10.3 Å². The van der Waals surface area contributed by atoms with Crippen molar-refractivity contribution in [3.05, 3.63) is 23.9 Å². The van der Waals surface area contributed by atoms with E-state index in [1.165, 1.54) is 6.20 Å². The van der Waals surface area contributed by atoms with Crippen molar-refractivity contribution in [3.8, 4) is 0 Å². The van der Waals surface area contributed by atoms with Gasteiger partial charge >= 0.3 is 11.9 Å². The van der Waals surface area contributed by atoms with E-state index in [1.807, 2.05) is 13.8 Å². The maximum Gasteiger partial charge on any atom is 0.341 e. The van der Waals surface area contributed by atoms with E-state index in [0.29, 0.717) is 6.42 Å². The molecular weight excluding hydrogens is 318 g/mol. The molecule has 0 aliphatic carbocycles. The molecule has 7 nitrogen and oxygen atoms in total. The number of rotatable bonds is 7. The zero-order chi connectivity index (χ0) is 17.4. The number of hydrogen-bond acceptors (Lipinski definition) is 5. The summed E-state index contributed by atoms with van der Waals surface area (Å²) < 4.78 is 4.95. The summed E-state index contributed by atoms with van der Waals surface area (Å²) in [5, 5.41) is 14.8. The molecule has 1 aromatic rings. The van der Waals surface area contributed by atoms with E-state index >= 15 is 0 Å². The Morgan fingerprint density at radius 1 is 1.43 bits per heavy atom. The molecule has 0 spiro atoms. The van der Waals surface area contributed by atoms with Gasteiger partial charge in [0.15, 0.2) is 5.11 Å². The third-order valence-corrected chi connectivity index (χ3v) is 3.07. The molecular formula is C15H21N3O4S. The summed E-state index contributed by atoms with van der Waals surface area (Å²) in [5.74, 6) is -1.11. The number of hydrogen-bond donors (Lipinski definition) is 3. The lowest BCUT2D eigenvalue weighted by Crippen LogP contribution is -2.43. The van der Waals surface area contributed by atoms with Crippen molar-refractivity contribution < 1.29 is 19.4 Å². The number of carboxylic acid groups (broad SMARTS) is 1. The zero-order valence-electron chi connectivity index (χ0n) is 13.3. The second kappa shape index (κ2) is 9.04. The first-order chi connectivity index (χ1) is 10.8. The van der Waals surface area contributed by atoms with Crippen LogP contribution in [0.3, 0.4) is 0 Å². The highest BCUT2D eigenvalue weighted by Gasteiger charge is 2.21. The Balaban J connectivity index is 2.81. The number of pyridine rings is 1. The predicted molar refractivity (Wildman–Crippen MR) is 90.4 cm³/mol. The summed E-state index contributed by atoms with van der Waals surface area (Å²) in [5.41, 5.74) is 0.231. The number of aliphatic carboxylic acids is 1. The molecule has 0 aliphatic rings. The van der Waals surface area contributed by atoms with Crippen LogP contribution < -0.4 is 10.6 Å². The smallest absolute Gasteiger partial charge is 0.341 e. The van der Waals surface area contributed by atoms with Crippen molar-refractivity contribution in [1.29, 1.82) is 0 Å². The summed E-state index contributed by atoms with van der Waals surface area (Å²) in [6.07, 6.45) is 1.92. The maximum atomic E-state index is 11.9. The van der Waals surface area contributed by atoms with E-state index in [9.17, 15) is 14.7 Å². The molecule has 0 amide bonds. The van der Waals surface area contributed by atoms with Gasteiger partial charge in [-0.1, -0.05) is 13.8 Å². The molecule has 126 valence electrons.